The summed E-state index contributed by atoms with van der Waals surface area (Å²) in [6, 6.07) is 0. The van der Waals surface area contributed by atoms with Gasteiger partial charge >= 0.3 is 0 Å². The van der Waals surface area contributed by atoms with Crippen LogP contribution in [0.25, 0.3) is 0 Å². The van der Waals surface area contributed by atoms with Crippen molar-refractivity contribution < 1.29 is 14.7 Å². The summed E-state index contributed by atoms with van der Waals surface area (Å²) in [5.74, 6) is -0.774. The van der Waals surface area contributed by atoms with Crippen LogP contribution in [0, 0.1) is 5.41 Å². The van der Waals surface area contributed by atoms with Crippen LogP contribution in [-0.4, -0.2) is 16.7 Å². The molecule has 0 heterocycles. The molecule has 0 aromatic heterocycles. The van der Waals surface area contributed by atoms with Crippen LogP contribution in [0.4, 0.5) is 0 Å². The predicted molar refractivity (Wildman–Crippen MR) is 48.4 cm³/mol. The van der Waals surface area contributed by atoms with Gasteiger partial charge in [0.2, 0.25) is 0 Å². The van der Waals surface area contributed by atoms with Crippen molar-refractivity contribution >= 4 is 11.6 Å². The molecule has 0 spiro atoms. The number of carbonyl (C=O) groups is 2. The maximum absolute atomic E-state index is 11.7. The van der Waals surface area contributed by atoms with Crippen LogP contribution in [-0.2, 0) is 9.59 Å². The zero-order chi connectivity index (χ0) is 10.2. The highest BCUT2D eigenvalue weighted by molar-refractivity contribution is 6.12. The third kappa shape index (κ3) is 1.39. The predicted octanol–water partition coefficient (Wildman–Crippen LogP) is 1.78. The number of aliphatic hydroxyl groups excluding tert-OH is 1. The van der Waals surface area contributed by atoms with E-state index in [1.807, 2.05) is 6.92 Å². The lowest BCUT2D eigenvalue weighted by Gasteiger charge is -2.29. The Balaban J connectivity index is 3.17. The fourth-order valence-corrected chi connectivity index (χ4v) is 1.57. The first-order valence-electron chi connectivity index (χ1n) is 4.40. The molecule has 3 heteroatoms. The second-order valence-corrected chi connectivity index (χ2v) is 3.82. The van der Waals surface area contributed by atoms with Gasteiger partial charge in [-0.2, -0.15) is 0 Å². The molecule has 0 saturated carbocycles. The van der Waals surface area contributed by atoms with Gasteiger partial charge in [-0.25, -0.2) is 0 Å². The van der Waals surface area contributed by atoms with Crippen molar-refractivity contribution in [3.63, 3.8) is 0 Å². The molecule has 0 fully saturated rings. The smallest absolute Gasteiger partial charge is 0.198 e. The van der Waals surface area contributed by atoms with Gasteiger partial charge in [-0.3, -0.25) is 9.59 Å². The van der Waals surface area contributed by atoms with Gasteiger partial charge in [0.25, 0.3) is 0 Å². The van der Waals surface area contributed by atoms with Crippen LogP contribution < -0.4 is 0 Å². The number of carbonyl (C=O) groups excluding carboxylic acids is 2. The Morgan fingerprint density at radius 1 is 1.46 bits per heavy atom. The first-order chi connectivity index (χ1) is 5.92. The second-order valence-electron chi connectivity index (χ2n) is 3.82. The van der Waals surface area contributed by atoms with Crippen LogP contribution in [0.1, 0.15) is 33.6 Å². The van der Waals surface area contributed by atoms with Crippen molar-refractivity contribution in [1.82, 2.24) is 0 Å². The van der Waals surface area contributed by atoms with Gasteiger partial charge in [0, 0.05) is 17.4 Å². The van der Waals surface area contributed by atoms with Gasteiger partial charge in [-0.05, 0) is 13.3 Å². The van der Waals surface area contributed by atoms with E-state index in [0.29, 0.717) is 6.42 Å². The quantitative estimate of drug-likeness (QED) is 0.672. The molecule has 0 radical (unpaired) electrons. The molecule has 0 saturated heterocycles. The fourth-order valence-electron chi connectivity index (χ4n) is 1.57. The van der Waals surface area contributed by atoms with Crippen molar-refractivity contribution in [2.75, 3.05) is 0 Å². The molecule has 3 nitrogen and oxygen atoms in total. The number of hydrogen-bond donors (Lipinski definition) is 1. The Bertz CT molecular complexity index is 301. The fraction of sp³-hybridized carbons (Fsp3) is 0.600. The Labute approximate surface area is 77.4 Å². The minimum absolute atomic E-state index is 0.105. The van der Waals surface area contributed by atoms with Crippen molar-refractivity contribution in [2.45, 2.75) is 33.6 Å². The molecule has 0 aromatic carbocycles. The lowest BCUT2D eigenvalue weighted by Crippen LogP contribution is -2.36. The van der Waals surface area contributed by atoms with Crippen LogP contribution >= 0.6 is 0 Å². The maximum atomic E-state index is 11.7. The lowest BCUT2D eigenvalue weighted by atomic mass is 9.72. The third-order valence-corrected chi connectivity index (χ3v) is 2.84. The second kappa shape index (κ2) is 2.98. The topological polar surface area (TPSA) is 54.4 Å². The van der Waals surface area contributed by atoms with Crippen LogP contribution in [0.2, 0.25) is 0 Å². The summed E-state index contributed by atoms with van der Waals surface area (Å²) in [6.07, 6.45) is 0.758. The molecule has 0 bridgehead atoms. The first kappa shape index (κ1) is 9.96. The number of rotatable bonds is 1. The van der Waals surface area contributed by atoms with Gasteiger partial charge in [0.1, 0.15) is 0 Å². The zero-order valence-electron chi connectivity index (χ0n) is 8.18. The molecule has 0 aliphatic heterocycles. The van der Waals surface area contributed by atoms with Gasteiger partial charge in [-0.1, -0.05) is 13.8 Å². The summed E-state index contributed by atoms with van der Waals surface area (Å²) in [4.78, 5) is 22.9. The van der Waals surface area contributed by atoms with Crippen LogP contribution in [0.5, 0.6) is 0 Å². The summed E-state index contributed by atoms with van der Waals surface area (Å²) in [5, 5.41) is 9.25. The highest BCUT2D eigenvalue weighted by Crippen LogP contribution is 2.35. The average molecular weight is 182 g/mol. The number of hydrogen-bond acceptors (Lipinski definition) is 3. The summed E-state index contributed by atoms with van der Waals surface area (Å²) in [5.41, 5.74) is -0.395. The molecule has 13 heavy (non-hydrogen) atoms. The van der Waals surface area contributed by atoms with Gasteiger partial charge < -0.3 is 5.11 Å². The van der Waals surface area contributed by atoms with E-state index in [9.17, 15) is 14.7 Å². The maximum Gasteiger partial charge on any atom is 0.198 e. The van der Waals surface area contributed by atoms with Crippen LogP contribution in [0.3, 0.4) is 0 Å². The molecule has 1 aliphatic carbocycles. The monoisotopic (exact) mass is 182 g/mol. The normalized spacial score (nSPS) is 29.8. The standard InChI is InChI=1S/C10H14O3/c1-4-10(3)5-7(11)8(12)6(2)9(10)13/h12H,4-5H2,1-3H3. The minimum Gasteiger partial charge on any atom is -0.504 e. The van der Waals surface area contributed by atoms with Crippen molar-refractivity contribution in [1.29, 1.82) is 0 Å². The largest absolute Gasteiger partial charge is 0.504 e. The third-order valence-electron chi connectivity index (χ3n) is 2.84. The van der Waals surface area contributed by atoms with Gasteiger partial charge in [-0.15, -0.1) is 0 Å². The van der Waals surface area contributed by atoms with Crippen molar-refractivity contribution in [3.8, 4) is 0 Å². The molecular formula is C10H14O3. The molecule has 1 aliphatic rings. The Hall–Kier alpha value is -1.12. The number of ketones is 2. The number of Topliss-reactive ketones (excluding diaryl/α,β-unsaturated/α-hetero) is 2. The summed E-state index contributed by atoms with van der Waals surface area (Å²) in [7, 11) is 0. The van der Waals surface area contributed by atoms with E-state index >= 15 is 0 Å². The molecule has 0 aromatic rings. The molecular weight excluding hydrogens is 168 g/mol. The van der Waals surface area contributed by atoms with E-state index in [0.717, 1.165) is 0 Å². The Kier molecular flexibility index (Phi) is 2.28. The van der Waals surface area contributed by atoms with E-state index in [1.54, 1.807) is 6.92 Å². The van der Waals surface area contributed by atoms with E-state index < -0.39 is 5.41 Å². The van der Waals surface area contributed by atoms with Crippen LogP contribution in [0.15, 0.2) is 11.3 Å². The Morgan fingerprint density at radius 2 is 2.00 bits per heavy atom. The zero-order valence-corrected chi connectivity index (χ0v) is 8.18. The Morgan fingerprint density at radius 3 is 2.46 bits per heavy atom. The lowest BCUT2D eigenvalue weighted by molar-refractivity contribution is -0.133. The molecule has 0 amide bonds. The summed E-state index contributed by atoms with van der Waals surface area (Å²) >= 11 is 0. The van der Waals surface area contributed by atoms with E-state index in [1.165, 1.54) is 6.92 Å². The van der Waals surface area contributed by atoms with Crippen molar-refractivity contribution in [2.24, 2.45) is 5.41 Å². The molecule has 1 unspecified atom stereocenters. The summed E-state index contributed by atoms with van der Waals surface area (Å²) in [6.45, 7) is 5.15. The van der Waals surface area contributed by atoms with Gasteiger partial charge in [0.05, 0.1) is 0 Å². The molecule has 1 atom stereocenters. The highest BCUT2D eigenvalue weighted by atomic mass is 16.3. The summed E-state index contributed by atoms with van der Waals surface area (Å²) < 4.78 is 0. The van der Waals surface area contributed by atoms with Crippen molar-refractivity contribution in [3.05, 3.63) is 11.3 Å². The molecule has 72 valence electrons. The van der Waals surface area contributed by atoms with E-state index in [4.69, 9.17) is 0 Å². The first-order valence-corrected chi connectivity index (χ1v) is 4.40. The highest BCUT2D eigenvalue weighted by Gasteiger charge is 2.40. The number of allylic oxidation sites excluding steroid dienone is 2. The average Bonchev–Trinajstić information content (AvgIpc) is 2.12. The minimum atomic E-state index is -0.604. The molecule has 1 rings (SSSR count). The van der Waals surface area contributed by atoms with E-state index in [-0.39, 0.29) is 29.3 Å². The molecule has 1 N–H and O–H groups in total. The number of aliphatic hydroxyl groups is 1. The SMILES string of the molecule is CCC1(C)CC(=O)C(O)=C(C)C1=O. The van der Waals surface area contributed by atoms with Gasteiger partial charge in [0.15, 0.2) is 17.3 Å². The van der Waals surface area contributed by atoms with E-state index in [2.05, 4.69) is 0 Å².